The van der Waals surface area contributed by atoms with Crippen molar-refractivity contribution < 1.29 is 28.6 Å². The van der Waals surface area contributed by atoms with Crippen molar-refractivity contribution in [3.8, 4) is 0 Å². The molecule has 49 heavy (non-hydrogen) atoms. The Bertz CT molecular complexity index is 1420. The number of nitrogens with two attached hydrogens (primary N) is 1. The summed E-state index contributed by atoms with van der Waals surface area (Å²) in [5.74, 6) is 1.46. The first-order chi connectivity index (χ1) is 23.5. The standard InChI is InChI=1S/C38H55N3O6S2/c1-4-22(2)35(44)47-36(3)13-9-24-21-48-49-37(11-5-6-12-37)30-10-14-41(30)32(42)16-26-20-40-31(39)17-27(26)34(24)38(36)19-25-15-23-7-8-33(43)45-28(23)18-29(25)46-38/h4,9,23,25-31,34,40H,5-8,10-21,39H2,1-3H3. The average molecular weight is 714 g/mol. The van der Waals surface area contributed by atoms with Crippen molar-refractivity contribution in [2.45, 2.75) is 145 Å². The van der Waals surface area contributed by atoms with Gasteiger partial charge in [0, 0.05) is 66.8 Å². The Morgan fingerprint density at radius 2 is 1.94 bits per heavy atom. The van der Waals surface area contributed by atoms with E-state index in [1.807, 2.05) is 41.5 Å². The second-order valence-electron chi connectivity index (χ2n) is 16.7. The van der Waals surface area contributed by atoms with Crippen molar-refractivity contribution in [2.24, 2.45) is 35.3 Å². The molecule has 5 heterocycles. The van der Waals surface area contributed by atoms with Crippen molar-refractivity contribution in [3.63, 3.8) is 0 Å². The number of carbonyl (C=O) groups excluding carboxylic acids is 3. The Morgan fingerprint density at radius 1 is 1.12 bits per heavy atom. The first-order valence-electron chi connectivity index (χ1n) is 19.1. The van der Waals surface area contributed by atoms with Crippen LogP contribution in [0.15, 0.2) is 23.3 Å². The van der Waals surface area contributed by atoms with Gasteiger partial charge >= 0.3 is 11.9 Å². The molecule has 2 spiro atoms. The van der Waals surface area contributed by atoms with Crippen molar-refractivity contribution in [1.82, 2.24) is 10.2 Å². The molecule has 8 aliphatic rings. The first-order valence-corrected chi connectivity index (χ1v) is 21.4. The van der Waals surface area contributed by atoms with E-state index in [0.29, 0.717) is 49.8 Å². The van der Waals surface area contributed by atoms with E-state index in [0.717, 1.165) is 44.4 Å². The summed E-state index contributed by atoms with van der Waals surface area (Å²) in [4.78, 5) is 42.6. The zero-order valence-electron chi connectivity index (χ0n) is 29.5. The largest absolute Gasteiger partial charge is 0.462 e. The van der Waals surface area contributed by atoms with Gasteiger partial charge in [-0.1, -0.05) is 52.2 Å². The molecule has 0 aromatic heterocycles. The number of allylic oxidation sites excluding steroid dienone is 1. The Kier molecular flexibility index (Phi) is 9.27. The molecule has 0 aromatic carbocycles. The highest BCUT2D eigenvalue weighted by atomic mass is 33.1. The quantitative estimate of drug-likeness (QED) is 0.160. The Balaban J connectivity index is 1.22. The smallest absolute Gasteiger partial charge is 0.334 e. The molecule has 11 heteroatoms. The highest BCUT2D eigenvalue weighted by molar-refractivity contribution is 8.77. The van der Waals surface area contributed by atoms with Gasteiger partial charge in [-0.25, -0.2) is 4.79 Å². The number of piperidine rings is 1. The summed E-state index contributed by atoms with van der Waals surface area (Å²) >= 11 is 0. The number of hydrogen-bond donors (Lipinski definition) is 2. The predicted octanol–water partition coefficient (Wildman–Crippen LogP) is 5.67. The zero-order valence-corrected chi connectivity index (χ0v) is 31.1. The molecule has 9 nitrogen and oxygen atoms in total. The van der Waals surface area contributed by atoms with E-state index >= 15 is 0 Å². The van der Waals surface area contributed by atoms with Crippen LogP contribution in [0.1, 0.15) is 104 Å². The van der Waals surface area contributed by atoms with E-state index in [9.17, 15) is 14.4 Å². The normalized spacial score (nSPS) is 45.0. The molecule has 0 bridgehead atoms. The van der Waals surface area contributed by atoms with Crippen LogP contribution in [0.5, 0.6) is 0 Å². The second kappa shape index (κ2) is 13.2. The van der Waals surface area contributed by atoms with E-state index in [1.54, 1.807) is 0 Å². The lowest BCUT2D eigenvalue weighted by Gasteiger charge is -2.57. The number of nitrogens with one attached hydrogen (secondary N) is 1. The van der Waals surface area contributed by atoms with E-state index in [1.165, 1.54) is 31.3 Å². The van der Waals surface area contributed by atoms with E-state index in [4.69, 9.17) is 19.9 Å². The molecular formula is C38H55N3O6S2. The lowest BCUT2D eigenvalue weighted by Crippen LogP contribution is -2.66. The van der Waals surface area contributed by atoms with E-state index < -0.39 is 11.2 Å². The van der Waals surface area contributed by atoms with Gasteiger partial charge in [0.15, 0.2) is 0 Å². The minimum absolute atomic E-state index is 0.0645. The monoisotopic (exact) mass is 713 g/mol. The van der Waals surface area contributed by atoms with Crippen molar-refractivity contribution in [1.29, 1.82) is 0 Å². The first kappa shape index (κ1) is 34.6. The highest BCUT2D eigenvalue weighted by Gasteiger charge is 2.68. The summed E-state index contributed by atoms with van der Waals surface area (Å²) in [6, 6.07) is 0.329. The topological polar surface area (TPSA) is 120 Å². The molecule has 5 saturated heterocycles. The summed E-state index contributed by atoms with van der Waals surface area (Å²) in [6.45, 7) is 7.33. The fourth-order valence-electron chi connectivity index (χ4n) is 11.3. The van der Waals surface area contributed by atoms with Crippen LogP contribution in [0, 0.1) is 29.6 Å². The number of hydrogen-bond acceptors (Lipinski definition) is 10. The van der Waals surface area contributed by atoms with Gasteiger partial charge in [0.25, 0.3) is 0 Å². The summed E-state index contributed by atoms with van der Waals surface area (Å²) in [5.41, 5.74) is 6.98. The fourth-order valence-corrected chi connectivity index (χ4v) is 15.0. The summed E-state index contributed by atoms with van der Waals surface area (Å²) < 4.78 is 20.3. The Hall–Kier alpha value is -1.53. The molecule has 2 saturated carbocycles. The Labute approximate surface area is 299 Å². The third kappa shape index (κ3) is 5.84. The molecule has 1 amide bonds. The maximum atomic E-state index is 14.3. The highest BCUT2D eigenvalue weighted by Crippen LogP contribution is 2.63. The van der Waals surface area contributed by atoms with Gasteiger partial charge in [-0.05, 0) is 89.4 Å². The zero-order chi connectivity index (χ0) is 34.1. The van der Waals surface area contributed by atoms with Crippen LogP contribution in [0.2, 0.25) is 0 Å². The predicted molar refractivity (Wildman–Crippen MR) is 191 cm³/mol. The molecule has 3 N–H and O–H groups in total. The number of ether oxygens (including phenoxy) is 3. The van der Waals surface area contributed by atoms with Crippen molar-refractivity contribution in [2.75, 3.05) is 18.8 Å². The van der Waals surface area contributed by atoms with Gasteiger partial charge in [-0.3, -0.25) is 9.59 Å². The van der Waals surface area contributed by atoms with Crippen LogP contribution >= 0.6 is 21.6 Å². The molecule has 0 aromatic rings. The number of amides is 1. The van der Waals surface area contributed by atoms with Crippen LogP contribution in [0.25, 0.3) is 0 Å². The molecule has 270 valence electrons. The van der Waals surface area contributed by atoms with Gasteiger partial charge < -0.3 is 30.2 Å². The van der Waals surface area contributed by atoms with Crippen LogP contribution in [-0.4, -0.2) is 82.0 Å². The van der Waals surface area contributed by atoms with Gasteiger partial charge in [-0.2, -0.15) is 0 Å². The third-order valence-electron chi connectivity index (χ3n) is 14.2. The molecular weight excluding hydrogens is 659 g/mol. The summed E-state index contributed by atoms with van der Waals surface area (Å²) in [5, 5.41) is 3.54. The van der Waals surface area contributed by atoms with Gasteiger partial charge in [0.1, 0.15) is 17.3 Å². The van der Waals surface area contributed by atoms with Gasteiger partial charge in [-0.15, -0.1) is 0 Å². The van der Waals surface area contributed by atoms with Crippen molar-refractivity contribution >= 4 is 39.4 Å². The van der Waals surface area contributed by atoms with Crippen LogP contribution < -0.4 is 11.1 Å². The van der Waals surface area contributed by atoms with Crippen molar-refractivity contribution in [3.05, 3.63) is 23.3 Å². The molecule has 7 fully saturated rings. The number of carbonyl (C=O) groups is 3. The minimum Gasteiger partial charge on any atom is -0.462 e. The van der Waals surface area contributed by atoms with Crippen LogP contribution in [0.3, 0.4) is 0 Å². The fraction of sp³-hybridized carbons (Fsp3) is 0.816. The molecule has 5 aliphatic heterocycles. The van der Waals surface area contributed by atoms with Gasteiger partial charge in [0.2, 0.25) is 5.91 Å². The molecule has 8 rings (SSSR count). The summed E-state index contributed by atoms with van der Waals surface area (Å²) in [6.07, 6.45) is 15.3. The average Bonchev–Trinajstić information content (AvgIpc) is 3.67. The van der Waals surface area contributed by atoms with Crippen LogP contribution in [-0.2, 0) is 28.6 Å². The van der Waals surface area contributed by atoms with E-state index in [2.05, 4.69) is 23.2 Å². The minimum atomic E-state index is -0.921. The second-order valence-corrected chi connectivity index (χ2v) is 19.5. The Morgan fingerprint density at radius 3 is 2.69 bits per heavy atom. The number of nitrogens with zero attached hydrogens (tertiary/aromatic N) is 1. The maximum Gasteiger partial charge on any atom is 0.334 e. The number of esters is 2. The lowest BCUT2D eigenvalue weighted by atomic mass is 9.56. The molecule has 11 atom stereocenters. The van der Waals surface area contributed by atoms with E-state index in [-0.39, 0.29) is 64.6 Å². The summed E-state index contributed by atoms with van der Waals surface area (Å²) in [7, 11) is 4.01. The molecule has 0 radical (unpaired) electrons. The van der Waals surface area contributed by atoms with Crippen LogP contribution in [0.4, 0.5) is 0 Å². The maximum absolute atomic E-state index is 14.3. The number of fused-ring (bicyclic) bond motifs is 8. The SMILES string of the molecule is CC=C(C)C(=O)OC1(C)CC=C2CSSC3(CCCC3)C3CCN3C(=O)CC3CNC(N)CC3C2C12CC1CC3CCC(=O)OC3CC1O2. The molecule has 11 unspecified atom stereocenters. The lowest BCUT2D eigenvalue weighted by molar-refractivity contribution is -0.229. The molecule has 3 aliphatic carbocycles. The third-order valence-corrected chi connectivity index (χ3v) is 17.4. The number of rotatable bonds is 2. The van der Waals surface area contributed by atoms with Gasteiger partial charge in [0.05, 0.1) is 12.3 Å².